The monoisotopic (exact) mass is 530 g/mol. The quantitative estimate of drug-likeness (QED) is 0.230. The van der Waals surface area contributed by atoms with Gasteiger partial charge in [0, 0.05) is 23.7 Å². The number of carbonyl (C=O) groups excluding carboxylic acids is 1. The number of aromatic nitrogens is 2. The molecule has 10 nitrogen and oxygen atoms in total. The van der Waals surface area contributed by atoms with Gasteiger partial charge in [-0.15, -0.1) is 0 Å². The highest BCUT2D eigenvalue weighted by molar-refractivity contribution is 5.99. The van der Waals surface area contributed by atoms with Gasteiger partial charge >= 0.3 is 11.9 Å². The van der Waals surface area contributed by atoms with Crippen molar-refractivity contribution in [2.24, 2.45) is 0 Å². The van der Waals surface area contributed by atoms with Crippen LogP contribution in [0.4, 0.5) is 5.69 Å². The number of nitrogens with one attached hydrogen (secondary N) is 2. The molecule has 202 valence electrons. The molecule has 10 heteroatoms. The van der Waals surface area contributed by atoms with Crippen LogP contribution in [0.25, 0.3) is 22.4 Å². The van der Waals surface area contributed by atoms with Gasteiger partial charge in [-0.25, -0.2) is 9.78 Å². The normalized spacial score (nSPS) is 14.7. The smallest absolute Gasteiger partial charge is 0.326 e. The molecule has 0 spiro atoms. The Kier molecular flexibility index (Phi) is 7.62. The molecule has 1 saturated carbocycles. The maximum Gasteiger partial charge on any atom is 0.326 e. The third-order valence-corrected chi connectivity index (χ3v) is 7.11. The molecular formula is C29H30N4O6. The van der Waals surface area contributed by atoms with E-state index in [0.29, 0.717) is 28.4 Å². The van der Waals surface area contributed by atoms with E-state index in [1.165, 1.54) is 6.42 Å². The van der Waals surface area contributed by atoms with Crippen LogP contribution in [-0.4, -0.2) is 50.2 Å². The van der Waals surface area contributed by atoms with Crippen LogP contribution in [0, 0.1) is 0 Å². The number of rotatable bonds is 10. The van der Waals surface area contributed by atoms with E-state index >= 15 is 0 Å². The Balaban J connectivity index is 1.35. The summed E-state index contributed by atoms with van der Waals surface area (Å²) in [6.07, 6.45) is 9.03. The lowest BCUT2D eigenvalue weighted by molar-refractivity contribution is -0.139. The van der Waals surface area contributed by atoms with Gasteiger partial charge in [-0.2, -0.15) is 0 Å². The van der Waals surface area contributed by atoms with Gasteiger partial charge in [0.1, 0.15) is 24.7 Å². The van der Waals surface area contributed by atoms with Crippen LogP contribution in [0.15, 0.2) is 65.5 Å². The number of fused-ring (bicyclic) bond motifs is 1. The highest BCUT2D eigenvalue weighted by Crippen LogP contribution is 2.36. The number of aliphatic carboxylic acids is 2. The van der Waals surface area contributed by atoms with Gasteiger partial charge in [0.2, 0.25) is 0 Å². The van der Waals surface area contributed by atoms with E-state index < -0.39 is 23.9 Å². The van der Waals surface area contributed by atoms with E-state index in [1.54, 1.807) is 48.9 Å². The van der Waals surface area contributed by atoms with Crippen LogP contribution in [0.2, 0.25) is 0 Å². The first-order chi connectivity index (χ1) is 18.9. The molecule has 0 bridgehead atoms. The summed E-state index contributed by atoms with van der Waals surface area (Å²) in [6.45, 7) is -0.222. The molecule has 2 aromatic carbocycles. The highest BCUT2D eigenvalue weighted by atomic mass is 16.4. The molecule has 2 aromatic heterocycles. The molecule has 39 heavy (non-hydrogen) atoms. The van der Waals surface area contributed by atoms with Crippen molar-refractivity contribution in [3.05, 3.63) is 72.2 Å². The van der Waals surface area contributed by atoms with Crippen molar-refractivity contribution < 1.29 is 29.0 Å². The minimum Gasteiger partial charge on any atom is -0.480 e. The van der Waals surface area contributed by atoms with E-state index in [2.05, 4.69) is 15.2 Å². The topological polar surface area (TPSA) is 147 Å². The third kappa shape index (κ3) is 5.95. The molecule has 1 aliphatic rings. The molecule has 4 N–H and O–H groups in total. The minimum atomic E-state index is -1.15. The van der Waals surface area contributed by atoms with E-state index in [0.717, 1.165) is 42.6 Å². The Labute approximate surface area is 224 Å². The van der Waals surface area contributed by atoms with Crippen molar-refractivity contribution >= 4 is 34.6 Å². The van der Waals surface area contributed by atoms with Gasteiger partial charge in [0.15, 0.2) is 0 Å². The van der Waals surface area contributed by atoms with Crippen molar-refractivity contribution in [1.29, 1.82) is 0 Å². The second-order valence-electron chi connectivity index (χ2n) is 9.83. The van der Waals surface area contributed by atoms with Gasteiger partial charge in [-0.05, 0) is 54.8 Å². The fraction of sp³-hybridized carbons (Fsp3) is 0.310. The van der Waals surface area contributed by atoms with E-state index in [9.17, 15) is 19.5 Å². The van der Waals surface area contributed by atoms with Crippen molar-refractivity contribution in [1.82, 2.24) is 14.9 Å². The summed E-state index contributed by atoms with van der Waals surface area (Å²) in [5, 5.41) is 23.9. The first kappa shape index (κ1) is 26.0. The average molecular weight is 531 g/mol. The predicted octanol–water partition coefficient (Wildman–Crippen LogP) is 4.72. The zero-order chi connectivity index (χ0) is 27.4. The molecule has 1 aliphatic carbocycles. The van der Waals surface area contributed by atoms with Gasteiger partial charge in [0.25, 0.3) is 5.91 Å². The van der Waals surface area contributed by atoms with Gasteiger partial charge in [-0.3, -0.25) is 9.59 Å². The summed E-state index contributed by atoms with van der Waals surface area (Å²) in [5.41, 5.74) is 4.09. The standard InChI is InChI=1S/C29H30N4O6/c34-26(35)16-30-21-9-6-18(7-10-21)14-24(29(37)38)32-28(36)19-8-11-25-23(15-19)31-27(20-12-13-39-17-20)33(25)22-4-2-1-3-5-22/h6-13,15,17,22,24,30H,1-5,14,16H2,(H,32,36)(H,34,35)(H,37,38). The number of hydrogen-bond acceptors (Lipinski definition) is 6. The largest absolute Gasteiger partial charge is 0.480 e. The summed E-state index contributed by atoms with van der Waals surface area (Å²) in [5.74, 6) is -1.83. The zero-order valence-electron chi connectivity index (χ0n) is 21.3. The minimum absolute atomic E-state index is 0.0729. The zero-order valence-corrected chi connectivity index (χ0v) is 21.3. The van der Waals surface area contributed by atoms with Gasteiger partial charge in [0.05, 0.1) is 22.9 Å². The number of amides is 1. The lowest BCUT2D eigenvalue weighted by atomic mass is 9.95. The van der Waals surface area contributed by atoms with Crippen LogP contribution >= 0.6 is 0 Å². The molecule has 1 atom stereocenters. The predicted molar refractivity (Wildman–Crippen MR) is 145 cm³/mol. The number of anilines is 1. The van der Waals surface area contributed by atoms with Crippen molar-refractivity contribution in [2.75, 3.05) is 11.9 Å². The molecule has 5 rings (SSSR count). The number of carboxylic acids is 2. The summed E-state index contributed by atoms with van der Waals surface area (Å²) >= 11 is 0. The number of nitrogens with zero attached hydrogens (tertiary/aromatic N) is 2. The average Bonchev–Trinajstić information content (AvgIpc) is 3.60. The number of furan rings is 1. The van der Waals surface area contributed by atoms with Crippen molar-refractivity contribution in [3.63, 3.8) is 0 Å². The van der Waals surface area contributed by atoms with Gasteiger partial charge < -0.3 is 29.8 Å². The fourth-order valence-electron chi connectivity index (χ4n) is 5.16. The fourth-order valence-corrected chi connectivity index (χ4v) is 5.16. The summed E-state index contributed by atoms with van der Waals surface area (Å²) in [4.78, 5) is 40.7. The molecular weight excluding hydrogens is 500 g/mol. The Morgan fingerprint density at radius 1 is 1.03 bits per heavy atom. The van der Waals surface area contributed by atoms with E-state index in [1.807, 2.05) is 12.1 Å². The molecule has 1 fully saturated rings. The number of carboxylic acid groups (broad SMARTS) is 2. The van der Waals surface area contributed by atoms with Crippen LogP contribution in [0.1, 0.15) is 54.1 Å². The number of carbonyl (C=O) groups is 3. The molecule has 0 radical (unpaired) electrons. The molecule has 1 amide bonds. The highest BCUT2D eigenvalue weighted by Gasteiger charge is 2.25. The van der Waals surface area contributed by atoms with Gasteiger partial charge in [-0.1, -0.05) is 31.4 Å². The second kappa shape index (κ2) is 11.4. The summed E-state index contributed by atoms with van der Waals surface area (Å²) in [6, 6.07) is 13.1. The summed E-state index contributed by atoms with van der Waals surface area (Å²) < 4.78 is 7.56. The Morgan fingerprint density at radius 2 is 1.79 bits per heavy atom. The number of benzene rings is 2. The van der Waals surface area contributed by atoms with Crippen LogP contribution < -0.4 is 10.6 Å². The van der Waals surface area contributed by atoms with Crippen LogP contribution in [0.5, 0.6) is 0 Å². The van der Waals surface area contributed by atoms with E-state index in [-0.39, 0.29) is 13.0 Å². The Morgan fingerprint density at radius 3 is 2.46 bits per heavy atom. The van der Waals surface area contributed by atoms with Crippen LogP contribution in [0.3, 0.4) is 0 Å². The molecule has 2 heterocycles. The maximum absolute atomic E-state index is 13.1. The number of imidazole rings is 1. The van der Waals surface area contributed by atoms with Crippen molar-refractivity contribution in [2.45, 2.75) is 50.6 Å². The lowest BCUT2D eigenvalue weighted by Crippen LogP contribution is -2.42. The summed E-state index contributed by atoms with van der Waals surface area (Å²) in [7, 11) is 0. The van der Waals surface area contributed by atoms with Crippen LogP contribution in [-0.2, 0) is 16.0 Å². The molecule has 0 saturated heterocycles. The third-order valence-electron chi connectivity index (χ3n) is 7.11. The molecule has 0 aliphatic heterocycles. The van der Waals surface area contributed by atoms with Crippen molar-refractivity contribution in [3.8, 4) is 11.4 Å². The first-order valence-electron chi connectivity index (χ1n) is 13.0. The molecule has 4 aromatic rings. The Bertz CT molecular complexity index is 1470. The second-order valence-corrected chi connectivity index (χ2v) is 9.83. The van der Waals surface area contributed by atoms with E-state index in [4.69, 9.17) is 14.5 Å². The lowest BCUT2D eigenvalue weighted by Gasteiger charge is -2.25. The molecule has 1 unspecified atom stereocenters. The maximum atomic E-state index is 13.1. The first-order valence-corrected chi connectivity index (χ1v) is 13.0. The SMILES string of the molecule is O=C(O)CNc1ccc(CC(NC(=O)c2ccc3c(c2)nc(-c2ccoc2)n3C2CCCCC2)C(=O)O)cc1. The Hall–Kier alpha value is -4.60. The number of hydrogen-bond donors (Lipinski definition) is 4.